The van der Waals surface area contributed by atoms with E-state index >= 15 is 0 Å². The van der Waals surface area contributed by atoms with Crippen molar-refractivity contribution in [3.63, 3.8) is 0 Å². The van der Waals surface area contributed by atoms with Gasteiger partial charge in [0.15, 0.2) is 0 Å². The van der Waals surface area contributed by atoms with E-state index in [1.165, 1.54) is 11.6 Å². The zero-order valence-corrected chi connectivity index (χ0v) is 14.9. The fourth-order valence-corrected chi connectivity index (χ4v) is 2.32. The van der Waals surface area contributed by atoms with Gasteiger partial charge in [-0.2, -0.15) is 0 Å². The number of nitrogens with zero attached hydrogens (tertiary/aromatic N) is 2. The number of benzene rings is 1. The minimum absolute atomic E-state index is 0.0355. The van der Waals surface area contributed by atoms with Gasteiger partial charge in [0.05, 0.1) is 10.9 Å². The number of carbonyl (C=O) groups excluding carboxylic acids is 1. The van der Waals surface area contributed by atoms with E-state index in [9.17, 15) is 14.4 Å². The lowest BCUT2D eigenvalue weighted by atomic mass is 9.81. The van der Waals surface area contributed by atoms with Gasteiger partial charge in [0.1, 0.15) is 6.54 Å². The summed E-state index contributed by atoms with van der Waals surface area (Å²) in [5, 5.41) is 3.32. The number of amides is 1. The standard InChI is InChI=1S/C18H25N3O3/c1-12(2)18(3,4)11-19-15(22)10-21-14-9-7-6-8-13(14)16(23)20(5)17(21)24/h6-9,12H,10-11H2,1-5H3,(H,19,22). The third-order valence-corrected chi connectivity index (χ3v) is 4.85. The van der Waals surface area contributed by atoms with Gasteiger partial charge in [-0.1, -0.05) is 39.8 Å². The van der Waals surface area contributed by atoms with Gasteiger partial charge in [-0.3, -0.25) is 18.7 Å². The SMILES string of the molecule is CC(C)C(C)(C)CNC(=O)Cn1c(=O)n(C)c(=O)c2ccccc21. The second-order valence-corrected chi connectivity index (χ2v) is 7.17. The molecule has 0 aliphatic carbocycles. The summed E-state index contributed by atoms with van der Waals surface area (Å²) in [6.07, 6.45) is 0. The van der Waals surface area contributed by atoms with Gasteiger partial charge in [-0.05, 0) is 23.5 Å². The molecule has 24 heavy (non-hydrogen) atoms. The molecule has 0 unspecified atom stereocenters. The van der Waals surface area contributed by atoms with Crippen molar-refractivity contribution in [2.75, 3.05) is 6.54 Å². The average Bonchev–Trinajstić information content (AvgIpc) is 2.55. The van der Waals surface area contributed by atoms with Crippen LogP contribution in [0, 0.1) is 11.3 Å². The van der Waals surface area contributed by atoms with Crippen molar-refractivity contribution in [1.29, 1.82) is 0 Å². The summed E-state index contributed by atoms with van der Waals surface area (Å²) in [7, 11) is 1.42. The van der Waals surface area contributed by atoms with Crippen molar-refractivity contribution in [2.45, 2.75) is 34.2 Å². The summed E-state index contributed by atoms with van der Waals surface area (Å²) in [6.45, 7) is 8.81. The Bertz CT molecular complexity index is 875. The Morgan fingerprint density at radius 1 is 1.21 bits per heavy atom. The molecule has 0 bridgehead atoms. The summed E-state index contributed by atoms with van der Waals surface area (Å²) in [5.74, 6) is 0.175. The fourth-order valence-electron chi connectivity index (χ4n) is 2.32. The van der Waals surface area contributed by atoms with Crippen LogP contribution in [0.5, 0.6) is 0 Å². The van der Waals surface area contributed by atoms with E-state index in [1.807, 2.05) is 0 Å². The van der Waals surface area contributed by atoms with Crippen LogP contribution in [0.3, 0.4) is 0 Å². The number of carbonyl (C=O) groups is 1. The van der Waals surface area contributed by atoms with Crippen LogP contribution in [0.1, 0.15) is 27.7 Å². The normalized spacial score (nSPS) is 11.9. The van der Waals surface area contributed by atoms with Gasteiger partial charge >= 0.3 is 5.69 Å². The number of nitrogens with one attached hydrogen (secondary N) is 1. The Balaban J connectivity index is 2.32. The first-order valence-corrected chi connectivity index (χ1v) is 8.10. The van der Waals surface area contributed by atoms with Gasteiger partial charge in [0.2, 0.25) is 5.91 Å². The van der Waals surface area contributed by atoms with E-state index in [0.29, 0.717) is 23.4 Å². The molecule has 0 aliphatic heterocycles. The summed E-state index contributed by atoms with van der Waals surface area (Å²) < 4.78 is 2.38. The summed E-state index contributed by atoms with van der Waals surface area (Å²) in [6, 6.07) is 6.83. The first-order valence-electron chi connectivity index (χ1n) is 8.10. The van der Waals surface area contributed by atoms with E-state index in [4.69, 9.17) is 0 Å². The minimum Gasteiger partial charge on any atom is -0.354 e. The van der Waals surface area contributed by atoms with E-state index in [0.717, 1.165) is 4.57 Å². The van der Waals surface area contributed by atoms with Crippen molar-refractivity contribution in [2.24, 2.45) is 18.4 Å². The number of aromatic nitrogens is 2. The summed E-state index contributed by atoms with van der Waals surface area (Å²) in [4.78, 5) is 36.9. The molecule has 1 aromatic carbocycles. The molecule has 0 saturated heterocycles. The third-order valence-electron chi connectivity index (χ3n) is 4.85. The van der Waals surface area contributed by atoms with Crippen LogP contribution in [0.2, 0.25) is 0 Å². The Labute approximate surface area is 141 Å². The molecule has 0 fully saturated rings. The van der Waals surface area contributed by atoms with Crippen LogP contribution in [0.25, 0.3) is 10.9 Å². The lowest BCUT2D eigenvalue weighted by molar-refractivity contribution is -0.122. The number of rotatable bonds is 5. The van der Waals surface area contributed by atoms with Crippen molar-refractivity contribution in [3.05, 3.63) is 45.1 Å². The molecule has 0 atom stereocenters. The molecule has 0 saturated carbocycles. The Hall–Kier alpha value is -2.37. The second kappa shape index (κ2) is 6.63. The van der Waals surface area contributed by atoms with E-state index in [2.05, 4.69) is 33.0 Å². The predicted molar refractivity (Wildman–Crippen MR) is 95.1 cm³/mol. The zero-order chi connectivity index (χ0) is 18.1. The number of hydrogen-bond acceptors (Lipinski definition) is 3. The predicted octanol–water partition coefficient (Wildman–Crippen LogP) is 1.50. The highest BCUT2D eigenvalue weighted by Gasteiger charge is 2.23. The molecule has 6 nitrogen and oxygen atoms in total. The van der Waals surface area contributed by atoms with Crippen LogP contribution in [-0.2, 0) is 18.4 Å². The molecule has 0 spiro atoms. The highest BCUT2D eigenvalue weighted by molar-refractivity contribution is 5.81. The first-order chi connectivity index (χ1) is 11.1. The smallest absolute Gasteiger partial charge is 0.331 e. The van der Waals surface area contributed by atoms with Crippen LogP contribution in [0.15, 0.2) is 33.9 Å². The summed E-state index contributed by atoms with van der Waals surface area (Å²) in [5.41, 5.74) is -0.402. The molecular weight excluding hydrogens is 306 g/mol. The number of fused-ring (bicyclic) bond motifs is 1. The number of hydrogen-bond donors (Lipinski definition) is 1. The Kier molecular flexibility index (Phi) is 4.96. The molecule has 1 heterocycles. The van der Waals surface area contributed by atoms with Gasteiger partial charge < -0.3 is 5.32 Å². The van der Waals surface area contributed by atoms with Crippen molar-refractivity contribution >= 4 is 16.8 Å². The van der Waals surface area contributed by atoms with Gasteiger partial charge in [-0.15, -0.1) is 0 Å². The average molecular weight is 331 g/mol. The fraction of sp³-hybridized carbons (Fsp3) is 0.500. The van der Waals surface area contributed by atoms with Gasteiger partial charge in [0, 0.05) is 13.6 Å². The van der Waals surface area contributed by atoms with Gasteiger partial charge in [-0.25, -0.2) is 4.79 Å². The molecule has 2 aromatic rings. The number of para-hydroxylation sites is 1. The minimum atomic E-state index is -0.489. The molecule has 1 N–H and O–H groups in total. The van der Waals surface area contributed by atoms with Crippen molar-refractivity contribution in [3.8, 4) is 0 Å². The zero-order valence-electron chi connectivity index (χ0n) is 14.9. The molecule has 1 amide bonds. The van der Waals surface area contributed by atoms with Gasteiger partial charge in [0.25, 0.3) is 5.56 Å². The first kappa shape index (κ1) is 18.0. The van der Waals surface area contributed by atoms with E-state index < -0.39 is 5.69 Å². The lowest BCUT2D eigenvalue weighted by Crippen LogP contribution is -2.43. The molecule has 1 aromatic heterocycles. The second-order valence-electron chi connectivity index (χ2n) is 7.17. The Morgan fingerprint density at radius 3 is 2.46 bits per heavy atom. The van der Waals surface area contributed by atoms with E-state index in [1.54, 1.807) is 24.3 Å². The maximum atomic E-state index is 12.4. The van der Waals surface area contributed by atoms with Crippen LogP contribution in [-0.4, -0.2) is 21.6 Å². The van der Waals surface area contributed by atoms with Crippen molar-refractivity contribution in [1.82, 2.24) is 14.5 Å². The molecule has 130 valence electrons. The van der Waals surface area contributed by atoms with Crippen LogP contribution >= 0.6 is 0 Å². The maximum Gasteiger partial charge on any atom is 0.331 e. The quantitative estimate of drug-likeness (QED) is 0.902. The lowest BCUT2D eigenvalue weighted by Gasteiger charge is -2.29. The largest absolute Gasteiger partial charge is 0.354 e. The summed E-state index contributed by atoms with van der Waals surface area (Å²) >= 11 is 0. The van der Waals surface area contributed by atoms with Crippen LogP contribution in [0.4, 0.5) is 0 Å². The molecule has 2 rings (SSSR count). The third kappa shape index (κ3) is 3.42. The molecule has 0 radical (unpaired) electrons. The molecule has 6 heteroatoms. The monoisotopic (exact) mass is 331 g/mol. The molecule has 0 aliphatic rings. The highest BCUT2D eigenvalue weighted by atomic mass is 16.2. The topological polar surface area (TPSA) is 73.1 Å². The highest BCUT2D eigenvalue weighted by Crippen LogP contribution is 2.24. The van der Waals surface area contributed by atoms with E-state index in [-0.39, 0.29) is 23.4 Å². The maximum absolute atomic E-state index is 12.4. The van der Waals surface area contributed by atoms with Crippen LogP contribution < -0.4 is 16.6 Å². The molecular formula is C18H25N3O3. The van der Waals surface area contributed by atoms with Crippen molar-refractivity contribution < 1.29 is 4.79 Å². The Morgan fingerprint density at radius 2 is 1.83 bits per heavy atom.